The third kappa shape index (κ3) is 3.17. The van der Waals surface area contributed by atoms with E-state index in [1.807, 2.05) is 18.2 Å². The minimum Gasteiger partial charge on any atom is -0.480 e. The Balaban J connectivity index is 1.95. The van der Waals surface area contributed by atoms with Gasteiger partial charge in [-0.05, 0) is 25.1 Å². The van der Waals surface area contributed by atoms with Crippen LogP contribution in [0.1, 0.15) is 11.3 Å². The minimum atomic E-state index is 0.532. The topological polar surface area (TPSA) is 47.0 Å². The zero-order valence-corrected chi connectivity index (χ0v) is 9.97. The standard InChI is InChI=1S/C13H15N3O/c1-10-3-5-11(6-4-10)14-9-12-7-8-13(17-2)16-15-12/h3-8,14H,9H2,1-2H3. The van der Waals surface area contributed by atoms with Gasteiger partial charge in [0.15, 0.2) is 0 Å². The molecule has 1 aromatic heterocycles. The largest absolute Gasteiger partial charge is 0.480 e. The molecule has 0 amide bonds. The van der Waals surface area contributed by atoms with Gasteiger partial charge in [0.2, 0.25) is 5.88 Å². The molecule has 1 heterocycles. The maximum absolute atomic E-state index is 4.95. The van der Waals surface area contributed by atoms with E-state index < -0.39 is 0 Å². The minimum absolute atomic E-state index is 0.532. The Morgan fingerprint density at radius 2 is 1.82 bits per heavy atom. The van der Waals surface area contributed by atoms with E-state index in [1.54, 1.807) is 13.2 Å². The molecule has 2 aromatic rings. The zero-order chi connectivity index (χ0) is 12.1. The zero-order valence-electron chi connectivity index (χ0n) is 9.97. The predicted molar refractivity (Wildman–Crippen MR) is 67.1 cm³/mol. The van der Waals surface area contributed by atoms with Gasteiger partial charge in [-0.1, -0.05) is 17.7 Å². The van der Waals surface area contributed by atoms with Crippen LogP contribution in [-0.4, -0.2) is 17.3 Å². The van der Waals surface area contributed by atoms with Crippen LogP contribution in [0.15, 0.2) is 36.4 Å². The third-order valence-electron chi connectivity index (χ3n) is 2.43. The number of nitrogens with one attached hydrogen (secondary N) is 1. The summed E-state index contributed by atoms with van der Waals surface area (Å²) in [5.41, 5.74) is 3.21. The number of anilines is 1. The van der Waals surface area contributed by atoms with Gasteiger partial charge in [0.1, 0.15) is 0 Å². The fourth-order valence-electron chi connectivity index (χ4n) is 1.41. The highest BCUT2D eigenvalue weighted by molar-refractivity contribution is 5.44. The van der Waals surface area contributed by atoms with E-state index in [0.29, 0.717) is 12.4 Å². The molecule has 0 unspecified atom stereocenters. The molecule has 4 nitrogen and oxygen atoms in total. The van der Waals surface area contributed by atoms with E-state index in [2.05, 4.69) is 34.6 Å². The molecule has 17 heavy (non-hydrogen) atoms. The van der Waals surface area contributed by atoms with Crippen LogP contribution in [0.3, 0.4) is 0 Å². The number of ether oxygens (including phenoxy) is 1. The number of rotatable bonds is 4. The lowest BCUT2D eigenvalue weighted by Gasteiger charge is -2.06. The van der Waals surface area contributed by atoms with Crippen LogP contribution in [0.4, 0.5) is 5.69 Å². The van der Waals surface area contributed by atoms with Crippen molar-refractivity contribution in [2.24, 2.45) is 0 Å². The van der Waals surface area contributed by atoms with Gasteiger partial charge >= 0.3 is 0 Å². The average molecular weight is 229 g/mol. The van der Waals surface area contributed by atoms with E-state index in [0.717, 1.165) is 11.4 Å². The van der Waals surface area contributed by atoms with Crippen molar-refractivity contribution in [3.63, 3.8) is 0 Å². The predicted octanol–water partition coefficient (Wildman–Crippen LogP) is 2.41. The van der Waals surface area contributed by atoms with Crippen molar-refractivity contribution in [3.8, 4) is 5.88 Å². The molecule has 0 bridgehead atoms. The van der Waals surface area contributed by atoms with Crippen molar-refractivity contribution in [2.75, 3.05) is 12.4 Å². The molecule has 2 rings (SSSR count). The number of benzene rings is 1. The lowest BCUT2D eigenvalue weighted by molar-refractivity contribution is 0.391. The number of aromatic nitrogens is 2. The second kappa shape index (κ2) is 5.30. The Morgan fingerprint density at radius 3 is 2.41 bits per heavy atom. The molecule has 0 aliphatic rings. The van der Waals surface area contributed by atoms with E-state index in [4.69, 9.17) is 4.74 Å². The summed E-state index contributed by atoms with van der Waals surface area (Å²) in [4.78, 5) is 0. The summed E-state index contributed by atoms with van der Waals surface area (Å²) in [5, 5.41) is 11.2. The first-order chi connectivity index (χ1) is 8.28. The van der Waals surface area contributed by atoms with Crippen LogP contribution in [0.25, 0.3) is 0 Å². The van der Waals surface area contributed by atoms with Gasteiger partial charge in [-0.3, -0.25) is 0 Å². The summed E-state index contributed by atoms with van der Waals surface area (Å²) in [6.45, 7) is 2.72. The molecule has 4 heteroatoms. The first kappa shape index (κ1) is 11.4. The first-order valence-corrected chi connectivity index (χ1v) is 5.45. The van der Waals surface area contributed by atoms with Gasteiger partial charge in [-0.25, -0.2) is 0 Å². The van der Waals surface area contributed by atoms with Gasteiger partial charge in [0.25, 0.3) is 0 Å². The Kier molecular flexibility index (Phi) is 3.55. The lowest BCUT2D eigenvalue weighted by Crippen LogP contribution is -2.03. The summed E-state index contributed by atoms with van der Waals surface area (Å²) >= 11 is 0. The highest BCUT2D eigenvalue weighted by Crippen LogP contribution is 2.10. The van der Waals surface area contributed by atoms with E-state index in [-0.39, 0.29) is 0 Å². The molecule has 0 aliphatic heterocycles. The van der Waals surface area contributed by atoms with E-state index in [1.165, 1.54) is 5.56 Å². The van der Waals surface area contributed by atoms with Crippen LogP contribution in [0.2, 0.25) is 0 Å². The van der Waals surface area contributed by atoms with Crippen molar-refractivity contribution < 1.29 is 4.74 Å². The van der Waals surface area contributed by atoms with Gasteiger partial charge in [-0.2, -0.15) is 5.10 Å². The van der Waals surface area contributed by atoms with Gasteiger partial charge in [0, 0.05) is 11.8 Å². The van der Waals surface area contributed by atoms with E-state index >= 15 is 0 Å². The number of hydrogen-bond donors (Lipinski definition) is 1. The lowest BCUT2D eigenvalue weighted by atomic mass is 10.2. The Morgan fingerprint density at radius 1 is 1.06 bits per heavy atom. The maximum Gasteiger partial charge on any atom is 0.233 e. The molecule has 0 fully saturated rings. The molecule has 1 N–H and O–H groups in total. The second-order valence-corrected chi connectivity index (χ2v) is 3.79. The fraction of sp³-hybridized carbons (Fsp3) is 0.231. The van der Waals surface area contributed by atoms with Crippen LogP contribution in [0.5, 0.6) is 5.88 Å². The first-order valence-electron chi connectivity index (χ1n) is 5.45. The molecular weight excluding hydrogens is 214 g/mol. The smallest absolute Gasteiger partial charge is 0.233 e. The SMILES string of the molecule is COc1ccc(CNc2ccc(C)cc2)nn1. The van der Waals surface area contributed by atoms with Gasteiger partial charge < -0.3 is 10.1 Å². The Bertz CT molecular complexity index is 465. The third-order valence-corrected chi connectivity index (χ3v) is 2.43. The Labute approximate surface area is 101 Å². The monoisotopic (exact) mass is 229 g/mol. The average Bonchev–Trinajstić information content (AvgIpc) is 2.39. The number of nitrogens with zero attached hydrogens (tertiary/aromatic N) is 2. The van der Waals surface area contributed by atoms with Crippen molar-refractivity contribution in [3.05, 3.63) is 47.7 Å². The van der Waals surface area contributed by atoms with Gasteiger partial charge in [-0.15, -0.1) is 5.10 Å². The van der Waals surface area contributed by atoms with Crippen molar-refractivity contribution in [1.82, 2.24) is 10.2 Å². The van der Waals surface area contributed by atoms with Crippen LogP contribution < -0.4 is 10.1 Å². The molecule has 1 aromatic carbocycles. The number of hydrogen-bond acceptors (Lipinski definition) is 4. The molecule has 0 spiro atoms. The molecule has 0 saturated heterocycles. The van der Waals surface area contributed by atoms with Crippen LogP contribution in [0, 0.1) is 6.92 Å². The summed E-state index contributed by atoms with van der Waals surface area (Å²) < 4.78 is 4.95. The summed E-state index contributed by atoms with van der Waals surface area (Å²) in [6, 6.07) is 11.9. The van der Waals surface area contributed by atoms with Crippen LogP contribution >= 0.6 is 0 Å². The second-order valence-electron chi connectivity index (χ2n) is 3.79. The van der Waals surface area contributed by atoms with Gasteiger partial charge in [0.05, 0.1) is 19.3 Å². The van der Waals surface area contributed by atoms with Crippen LogP contribution in [-0.2, 0) is 6.54 Å². The molecule has 0 saturated carbocycles. The van der Waals surface area contributed by atoms with Crippen molar-refractivity contribution in [1.29, 1.82) is 0 Å². The highest BCUT2D eigenvalue weighted by atomic mass is 16.5. The highest BCUT2D eigenvalue weighted by Gasteiger charge is 1.97. The normalized spacial score (nSPS) is 10.0. The van der Waals surface area contributed by atoms with E-state index in [9.17, 15) is 0 Å². The van der Waals surface area contributed by atoms with Crippen molar-refractivity contribution in [2.45, 2.75) is 13.5 Å². The molecule has 88 valence electrons. The Hall–Kier alpha value is -2.10. The molecular formula is C13H15N3O. The number of methoxy groups -OCH3 is 1. The summed E-state index contributed by atoms with van der Waals surface area (Å²) in [6.07, 6.45) is 0. The maximum atomic E-state index is 4.95. The molecule has 0 atom stereocenters. The quantitative estimate of drug-likeness (QED) is 0.874. The number of aryl methyl sites for hydroxylation is 1. The van der Waals surface area contributed by atoms with Crippen molar-refractivity contribution >= 4 is 5.69 Å². The summed E-state index contributed by atoms with van der Waals surface area (Å²) in [7, 11) is 1.58. The molecule has 0 aliphatic carbocycles. The fourth-order valence-corrected chi connectivity index (χ4v) is 1.41. The molecule has 0 radical (unpaired) electrons. The summed E-state index contributed by atoms with van der Waals surface area (Å²) in [5.74, 6) is 0.532.